The molecule has 5 rings (SSSR count). The third kappa shape index (κ3) is 5.08. The van der Waals surface area contributed by atoms with Crippen molar-refractivity contribution in [3.05, 3.63) is 72.0 Å². The van der Waals surface area contributed by atoms with Gasteiger partial charge < -0.3 is 14.2 Å². The number of thiazole rings is 1. The molecule has 0 atom stereocenters. The van der Waals surface area contributed by atoms with E-state index in [9.17, 15) is 4.79 Å². The van der Waals surface area contributed by atoms with Crippen molar-refractivity contribution in [2.75, 3.05) is 11.1 Å². The first-order valence-electron chi connectivity index (χ1n) is 10.4. The van der Waals surface area contributed by atoms with E-state index in [-0.39, 0.29) is 12.3 Å². The Morgan fingerprint density at radius 2 is 1.71 bits per heavy atom. The predicted molar refractivity (Wildman–Crippen MR) is 131 cm³/mol. The number of aryl methyl sites for hydroxylation is 1. The first-order chi connectivity index (χ1) is 16.7. The lowest BCUT2D eigenvalue weighted by Crippen LogP contribution is -2.12. The molecule has 0 bridgehead atoms. The van der Waals surface area contributed by atoms with Crippen LogP contribution in [0.4, 0.5) is 5.13 Å². The van der Waals surface area contributed by atoms with E-state index in [1.165, 1.54) is 28.7 Å². The van der Waals surface area contributed by atoms with Gasteiger partial charge in [0.15, 0.2) is 22.3 Å². The van der Waals surface area contributed by atoms with Gasteiger partial charge in [-0.05, 0) is 31.2 Å². The van der Waals surface area contributed by atoms with Crippen molar-refractivity contribution in [3.8, 4) is 34.2 Å². The lowest BCUT2D eigenvalue weighted by molar-refractivity contribution is -0.115. The fraction of sp³-hybridized carbons (Fsp3) is 0.125. The molecule has 0 saturated heterocycles. The highest BCUT2D eigenvalue weighted by Gasteiger charge is 2.18. The van der Waals surface area contributed by atoms with Crippen molar-refractivity contribution in [1.82, 2.24) is 20.2 Å². The molecule has 170 valence electrons. The zero-order valence-corrected chi connectivity index (χ0v) is 19.7. The summed E-state index contributed by atoms with van der Waals surface area (Å²) in [6, 6.07) is 15.3. The maximum atomic E-state index is 12.4. The fourth-order valence-electron chi connectivity index (χ4n) is 3.14. The van der Waals surface area contributed by atoms with E-state index in [0.717, 1.165) is 11.3 Å². The fourth-order valence-corrected chi connectivity index (χ4v) is 4.60. The van der Waals surface area contributed by atoms with E-state index in [1.54, 1.807) is 36.8 Å². The summed E-state index contributed by atoms with van der Waals surface area (Å²) in [5.74, 6) is 1.48. The average molecular weight is 490 g/mol. The van der Waals surface area contributed by atoms with Gasteiger partial charge in [0, 0.05) is 23.1 Å². The number of thioether (sulfide) groups is 1. The Bertz CT molecular complexity index is 1380. The summed E-state index contributed by atoms with van der Waals surface area (Å²) in [5, 5.41) is 14.3. The molecule has 4 aromatic heterocycles. The van der Waals surface area contributed by atoms with Crippen molar-refractivity contribution in [2.24, 2.45) is 0 Å². The minimum atomic E-state index is -0.122. The van der Waals surface area contributed by atoms with Gasteiger partial charge in [-0.1, -0.05) is 41.6 Å². The van der Waals surface area contributed by atoms with Crippen LogP contribution in [0.15, 0.2) is 80.4 Å². The van der Waals surface area contributed by atoms with Crippen LogP contribution >= 0.6 is 23.1 Å². The number of nitrogens with zero attached hydrogens (tertiary/aromatic N) is 4. The Morgan fingerprint density at radius 3 is 2.41 bits per heavy atom. The molecular formula is C24H19N5O3S2. The van der Waals surface area contributed by atoms with Gasteiger partial charge in [-0.3, -0.25) is 4.79 Å². The number of amides is 1. The lowest BCUT2D eigenvalue weighted by Gasteiger charge is -2.05. The molecule has 0 radical (unpaired) electrons. The van der Waals surface area contributed by atoms with Gasteiger partial charge in [-0.25, -0.2) is 9.97 Å². The molecule has 4 heterocycles. The average Bonchev–Trinajstić information content (AvgIpc) is 3.62. The number of anilines is 1. The summed E-state index contributed by atoms with van der Waals surface area (Å²) in [6.45, 7) is 2.04. The molecule has 0 aliphatic rings. The summed E-state index contributed by atoms with van der Waals surface area (Å²) < 4.78 is 11.0. The largest absolute Gasteiger partial charge is 0.463 e. The molecule has 0 unspecified atom stereocenters. The molecule has 0 aliphatic carbocycles. The Balaban J connectivity index is 1.20. The molecule has 10 heteroatoms. The smallest absolute Gasteiger partial charge is 0.226 e. The van der Waals surface area contributed by atoms with Gasteiger partial charge >= 0.3 is 0 Å². The van der Waals surface area contributed by atoms with Gasteiger partial charge in [-0.2, -0.15) is 0 Å². The highest BCUT2D eigenvalue weighted by Crippen LogP contribution is 2.30. The van der Waals surface area contributed by atoms with Crippen LogP contribution < -0.4 is 5.32 Å². The van der Waals surface area contributed by atoms with E-state index >= 15 is 0 Å². The van der Waals surface area contributed by atoms with E-state index in [0.29, 0.717) is 38.9 Å². The second-order valence-electron chi connectivity index (χ2n) is 7.30. The molecule has 0 saturated carbocycles. The van der Waals surface area contributed by atoms with Crippen LogP contribution in [-0.2, 0) is 4.79 Å². The SMILES string of the molecule is Cc1ccc(-c2csc(NC(=O)CCSc3nnc(-c4ccco4)c(-c4ccco4)n3)n2)cc1. The van der Waals surface area contributed by atoms with Crippen molar-refractivity contribution >= 4 is 34.1 Å². The minimum absolute atomic E-state index is 0.122. The monoisotopic (exact) mass is 489 g/mol. The molecule has 1 aromatic carbocycles. The van der Waals surface area contributed by atoms with E-state index in [4.69, 9.17) is 8.83 Å². The van der Waals surface area contributed by atoms with Gasteiger partial charge in [0.05, 0.1) is 18.2 Å². The van der Waals surface area contributed by atoms with Crippen LogP contribution in [0.2, 0.25) is 0 Å². The molecule has 1 amide bonds. The normalized spacial score (nSPS) is 11.0. The molecular weight excluding hydrogens is 470 g/mol. The minimum Gasteiger partial charge on any atom is -0.463 e. The molecule has 0 aliphatic heterocycles. The maximum absolute atomic E-state index is 12.4. The topological polar surface area (TPSA) is 107 Å². The predicted octanol–water partition coefficient (Wildman–Crippen LogP) is 5.94. The number of hydrogen-bond donors (Lipinski definition) is 1. The first-order valence-corrected chi connectivity index (χ1v) is 12.3. The van der Waals surface area contributed by atoms with Gasteiger partial charge in [0.2, 0.25) is 11.1 Å². The van der Waals surface area contributed by atoms with Gasteiger partial charge in [0.1, 0.15) is 5.69 Å². The summed E-state index contributed by atoms with van der Waals surface area (Å²) in [7, 11) is 0. The summed E-state index contributed by atoms with van der Waals surface area (Å²) in [4.78, 5) is 21.5. The second kappa shape index (κ2) is 10.0. The number of furan rings is 2. The lowest BCUT2D eigenvalue weighted by atomic mass is 10.1. The number of rotatable bonds is 8. The molecule has 5 aromatic rings. The molecule has 0 spiro atoms. The van der Waals surface area contributed by atoms with Gasteiger partial charge in [-0.15, -0.1) is 21.5 Å². The highest BCUT2D eigenvalue weighted by molar-refractivity contribution is 7.99. The zero-order valence-electron chi connectivity index (χ0n) is 18.1. The number of benzene rings is 1. The van der Waals surface area contributed by atoms with E-state index < -0.39 is 0 Å². The van der Waals surface area contributed by atoms with Crippen molar-refractivity contribution in [2.45, 2.75) is 18.5 Å². The highest BCUT2D eigenvalue weighted by atomic mass is 32.2. The van der Waals surface area contributed by atoms with E-state index in [2.05, 4.69) is 25.5 Å². The number of aromatic nitrogens is 4. The third-order valence-corrected chi connectivity index (χ3v) is 6.43. The standard InChI is InChI=1S/C24H19N5O3S2/c1-15-6-8-16(9-7-15)17-14-34-23(25-17)26-20(30)10-13-33-24-27-21(18-4-2-11-31-18)22(28-29-24)19-5-3-12-32-19/h2-9,11-12,14H,10,13H2,1H3,(H,25,26,30). The van der Waals surface area contributed by atoms with Crippen LogP contribution in [0.3, 0.4) is 0 Å². The maximum Gasteiger partial charge on any atom is 0.226 e. The van der Waals surface area contributed by atoms with Crippen molar-refractivity contribution < 1.29 is 13.6 Å². The Hall–Kier alpha value is -3.76. The first kappa shape index (κ1) is 22.1. The molecule has 8 nitrogen and oxygen atoms in total. The quantitative estimate of drug-likeness (QED) is 0.267. The number of hydrogen-bond acceptors (Lipinski definition) is 9. The van der Waals surface area contributed by atoms with Crippen molar-refractivity contribution in [3.63, 3.8) is 0 Å². The second-order valence-corrected chi connectivity index (χ2v) is 9.22. The molecule has 1 N–H and O–H groups in total. The number of carbonyl (C=O) groups excluding carboxylic acids is 1. The van der Waals surface area contributed by atoms with Crippen LogP contribution in [0, 0.1) is 6.92 Å². The number of carbonyl (C=O) groups is 1. The van der Waals surface area contributed by atoms with Crippen LogP contribution in [0.25, 0.3) is 34.2 Å². The Morgan fingerprint density at radius 1 is 0.971 bits per heavy atom. The summed E-state index contributed by atoms with van der Waals surface area (Å²) >= 11 is 2.75. The van der Waals surface area contributed by atoms with Crippen LogP contribution in [-0.4, -0.2) is 31.8 Å². The Labute approximate surface area is 203 Å². The summed E-state index contributed by atoms with van der Waals surface area (Å²) in [5.41, 5.74) is 4.09. The molecule has 0 fully saturated rings. The third-order valence-electron chi connectivity index (χ3n) is 4.83. The number of nitrogens with one attached hydrogen (secondary N) is 1. The summed E-state index contributed by atoms with van der Waals surface area (Å²) in [6.07, 6.45) is 3.42. The van der Waals surface area contributed by atoms with Crippen molar-refractivity contribution in [1.29, 1.82) is 0 Å². The molecule has 34 heavy (non-hydrogen) atoms. The zero-order chi connectivity index (χ0) is 23.3. The van der Waals surface area contributed by atoms with Crippen LogP contribution in [0.5, 0.6) is 0 Å². The van der Waals surface area contributed by atoms with Gasteiger partial charge in [0.25, 0.3) is 0 Å². The van der Waals surface area contributed by atoms with E-state index in [1.807, 2.05) is 36.6 Å². The Kier molecular flexibility index (Phi) is 6.50. The van der Waals surface area contributed by atoms with Crippen LogP contribution in [0.1, 0.15) is 12.0 Å².